The molecule has 2 fully saturated rings. The zero-order valence-electron chi connectivity index (χ0n) is 15.2. The van der Waals surface area contributed by atoms with Gasteiger partial charge in [0.1, 0.15) is 5.65 Å². The molecule has 2 aliphatic carbocycles. The Bertz CT molecular complexity index is 893. The van der Waals surface area contributed by atoms with Crippen molar-refractivity contribution in [3.63, 3.8) is 0 Å². The second-order valence-corrected chi connectivity index (χ2v) is 8.80. The molecular weight excluding hydrogens is 327 g/mol. The summed E-state index contributed by atoms with van der Waals surface area (Å²) in [6, 6.07) is 2.02. The molecule has 2 aromatic rings. The molecule has 136 valence electrons. The van der Waals surface area contributed by atoms with Gasteiger partial charge in [-0.3, -0.25) is 0 Å². The van der Waals surface area contributed by atoms with Gasteiger partial charge in [-0.25, -0.2) is 4.98 Å². The average Bonchev–Trinajstić information content (AvgIpc) is 3.03. The van der Waals surface area contributed by atoms with Gasteiger partial charge < -0.3 is 20.5 Å². The van der Waals surface area contributed by atoms with Gasteiger partial charge in [0, 0.05) is 34.7 Å². The van der Waals surface area contributed by atoms with Crippen molar-refractivity contribution in [2.24, 2.45) is 28.8 Å². The van der Waals surface area contributed by atoms with Gasteiger partial charge in [0.05, 0.1) is 11.3 Å². The third-order valence-corrected chi connectivity index (χ3v) is 6.69. The molecule has 2 bridgehead atoms. The molecule has 6 nitrogen and oxygen atoms in total. The zero-order valence-corrected chi connectivity index (χ0v) is 15.2. The minimum Gasteiger partial charge on any atom is -0.428 e. The summed E-state index contributed by atoms with van der Waals surface area (Å²) < 4.78 is 0. The maximum absolute atomic E-state index is 11.0. The minimum absolute atomic E-state index is 0.275. The Morgan fingerprint density at radius 1 is 1.27 bits per heavy atom. The first-order valence-corrected chi connectivity index (χ1v) is 9.65. The number of rotatable bonds is 1. The Kier molecular flexibility index (Phi) is 3.50. The highest BCUT2D eigenvalue weighted by molar-refractivity contribution is 6.66. The highest BCUT2D eigenvalue weighted by Crippen LogP contribution is 2.51. The Hall–Kier alpha value is -1.86. The smallest absolute Gasteiger partial charge is 0.428 e. The monoisotopic (exact) mass is 352 g/mol. The van der Waals surface area contributed by atoms with Gasteiger partial charge in [-0.05, 0) is 49.5 Å². The lowest BCUT2D eigenvalue weighted by Gasteiger charge is -2.51. The van der Waals surface area contributed by atoms with Gasteiger partial charge in [-0.1, -0.05) is 13.8 Å². The first kappa shape index (κ1) is 16.3. The van der Waals surface area contributed by atoms with E-state index in [0.29, 0.717) is 17.8 Å². The number of aromatic nitrogens is 2. The number of hydrogen-bond acceptors (Lipinski definition) is 5. The lowest BCUT2D eigenvalue weighted by molar-refractivity contribution is -0.0917. The molecule has 3 aliphatic rings. The van der Waals surface area contributed by atoms with Crippen molar-refractivity contribution in [1.82, 2.24) is 15.3 Å². The number of aromatic amines is 1. The van der Waals surface area contributed by atoms with E-state index in [1.165, 1.54) is 0 Å². The number of pyridine rings is 1. The molecule has 26 heavy (non-hydrogen) atoms. The van der Waals surface area contributed by atoms with E-state index in [0.717, 1.165) is 53.5 Å². The summed E-state index contributed by atoms with van der Waals surface area (Å²) in [5, 5.41) is 30.0. The Morgan fingerprint density at radius 2 is 2.12 bits per heavy atom. The summed E-state index contributed by atoms with van der Waals surface area (Å²) in [5.41, 5.74) is 3.13. The van der Waals surface area contributed by atoms with Crippen molar-refractivity contribution in [1.29, 1.82) is 0 Å². The van der Waals surface area contributed by atoms with Crippen LogP contribution in [-0.4, -0.2) is 38.5 Å². The molecule has 0 spiro atoms. The topological polar surface area (TPSA) is 93.5 Å². The highest BCUT2D eigenvalue weighted by atomic mass is 16.3. The summed E-state index contributed by atoms with van der Waals surface area (Å²) in [4.78, 5) is 7.61. The van der Waals surface area contributed by atoms with E-state index in [9.17, 15) is 10.1 Å². The van der Waals surface area contributed by atoms with Crippen LogP contribution in [0.5, 0.6) is 0 Å². The molecule has 0 unspecified atom stereocenters. The van der Waals surface area contributed by atoms with Crippen molar-refractivity contribution in [3.05, 3.63) is 24.0 Å². The minimum atomic E-state index is -0.832. The summed E-state index contributed by atoms with van der Waals surface area (Å²) >= 11 is 0. The van der Waals surface area contributed by atoms with Crippen LogP contribution in [0.1, 0.15) is 45.1 Å². The Morgan fingerprint density at radius 3 is 2.96 bits per heavy atom. The molecule has 0 saturated heterocycles. The van der Waals surface area contributed by atoms with Crippen LogP contribution < -0.4 is 10.8 Å². The molecular formula is C19H25BN4O2. The van der Waals surface area contributed by atoms with Gasteiger partial charge in [0.15, 0.2) is 0 Å². The Labute approximate surface area is 153 Å². The molecule has 3 heterocycles. The van der Waals surface area contributed by atoms with E-state index in [-0.39, 0.29) is 5.92 Å². The van der Waals surface area contributed by atoms with Gasteiger partial charge in [0.25, 0.3) is 0 Å². The van der Waals surface area contributed by atoms with Crippen molar-refractivity contribution in [2.75, 3.05) is 0 Å². The van der Waals surface area contributed by atoms with Gasteiger partial charge >= 0.3 is 7.05 Å². The molecule has 0 aromatic carbocycles. The predicted octanol–water partition coefficient (Wildman–Crippen LogP) is 1.38. The van der Waals surface area contributed by atoms with Crippen LogP contribution in [-0.2, 0) is 0 Å². The van der Waals surface area contributed by atoms with Crippen LogP contribution in [0.2, 0.25) is 0 Å². The highest BCUT2D eigenvalue weighted by Gasteiger charge is 2.50. The number of fused-ring (bicyclic) bond motifs is 5. The van der Waals surface area contributed by atoms with Crippen molar-refractivity contribution in [2.45, 2.75) is 45.1 Å². The van der Waals surface area contributed by atoms with E-state index in [1.54, 1.807) is 6.20 Å². The molecule has 5 atom stereocenters. The van der Waals surface area contributed by atoms with Crippen molar-refractivity contribution in [3.8, 4) is 0 Å². The maximum Gasteiger partial charge on any atom is 0.465 e. The summed E-state index contributed by atoms with van der Waals surface area (Å²) in [6.07, 6.45) is 7.33. The lowest BCUT2D eigenvalue weighted by atomic mass is 9.55. The van der Waals surface area contributed by atoms with Crippen LogP contribution in [0, 0.1) is 23.7 Å². The van der Waals surface area contributed by atoms with Crippen LogP contribution >= 0.6 is 0 Å². The normalized spacial score (nSPS) is 36.5. The van der Waals surface area contributed by atoms with Gasteiger partial charge in [-0.15, -0.1) is 0 Å². The number of aliphatic hydroxyl groups is 1. The first-order chi connectivity index (χ1) is 12.5. The largest absolute Gasteiger partial charge is 0.465 e. The molecule has 2 aromatic heterocycles. The predicted molar refractivity (Wildman–Crippen MR) is 102 cm³/mol. The standard InChI is InChI=1S/C19H25BN4O2/c1-10-5-12-8-19(25,6-10)7-11(2)15(12)17-16-13-3-4-21-18(13)22-9-14(16)20(26)24-23-17/h3-4,9-12,15,24-26H,5-8H2,1-2H3,(H,21,22)/t10-,11-,12+,15+,19-/m1/s1. The third-order valence-electron chi connectivity index (χ3n) is 6.69. The molecule has 0 radical (unpaired) electrons. The Balaban J connectivity index is 1.64. The fraction of sp³-hybridized carbons (Fsp3) is 0.579. The van der Waals surface area contributed by atoms with Crippen molar-refractivity contribution >= 4 is 29.3 Å². The molecule has 4 N–H and O–H groups in total. The summed E-state index contributed by atoms with van der Waals surface area (Å²) in [7, 11) is -0.832. The number of H-pyrrole nitrogens is 1. The first-order valence-electron chi connectivity index (χ1n) is 9.65. The third kappa shape index (κ3) is 2.33. The summed E-state index contributed by atoms with van der Waals surface area (Å²) in [5.74, 6) is 1.56. The average molecular weight is 352 g/mol. The van der Waals surface area contributed by atoms with E-state index in [1.807, 2.05) is 12.3 Å². The van der Waals surface area contributed by atoms with Crippen LogP contribution in [0.3, 0.4) is 0 Å². The molecule has 1 aliphatic heterocycles. The second-order valence-electron chi connectivity index (χ2n) is 8.80. The zero-order chi connectivity index (χ0) is 18.1. The molecule has 7 heteroatoms. The molecule has 5 rings (SSSR count). The van der Waals surface area contributed by atoms with Crippen molar-refractivity contribution < 1.29 is 10.1 Å². The summed E-state index contributed by atoms with van der Waals surface area (Å²) in [6.45, 7) is 4.48. The molecule has 0 amide bonds. The number of nitrogens with zero attached hydrogens (tertiary/aromatic N) is 2. The fourth-order valence-corrected chi connectivity index (χ4v) is 6.04. The number of hydrazone groups is 1. The van der Waals surface area contributed by atoms with Gasteiger partial charge in [-0.2, -0.15) is 5.10 Å². The van der Waals surface area contributed by atoms with E-state index >= 15 is 0 Å². The SMILES string of the molecule is C[C@@H]1C[C@H]2C[C@@](O)(C1)C[C@@H](C)[C@@H]2C1=NNB(O)c2cnc3[nH]ccc3c21. The van der Waals surface area contributed by atoms with E-state index in [4.69, 9.17) is 0 Å². The second kappa shape index (κ2) is 5.57. The lowest BCUT2D eigenvalue weighted by Crippen LogP contribution is -2.55. The maximum atomic E-state index is 11.0. The number of hydrogen-bond donors (Lipinski definition) is 4. The fourth-order valence-electron chi connectivity index (χ4n) is 6.04. The van der Waals surface area contributed by atoms with E-state index in [2.05, 4.69) is 34.3 Å². The van der Waals surface area contributed by atoms with Crippen LogP contribution in [0.25, 0.3) is 11.0 Å². The van der Waals surface area contributed by atoms with E-state index < -0.39 is 12.7 Å². The van der Waals surface area contributed by atoms with Crippen LogP contribution in [0.15, 0.2) is 23.6 Å². The quantitative estimate of drug-likeness (QED) is 0.584. The molecule has 2 saturated carbocycles. The van der Waals surface area contributed by atoms with Gasteiger partial charge in [0.2, 0.25) is 0 Å². The van der Waals surface area contributed by atoms with Crippen LogP contribution in [0.4, 0.5) is 0 Å². The number of nitrogens with one attached hydrogen (secondary N) is 2.